The molecule has 3 aromatic carbocycles. The monoisotopic (exact) mass is 518 g/mol. The van der Waals surface area contributed by atoms with E-state index in [1.54, 1.807) is 6.92 Å². The predicted octanol–water partition coefficient (Wildman–Crippen LogP) is 5.17. The van der Waals surface area contributed by atoms with Gasteiger partial charge in [0.25, 0.3) is 0 Å². The molecule has 1 heterocycles. The van der Waals surface area contributed by atoms with E-state index in [4.69, 9.17) is 23.2 Å². The van der Waals surface area contributed by atoms with Crippen LogP contribution < -0.4 is 5.32 Å². The van der Waals surface area contributed by atoms with Crippen molar-refractivity contribution in [2.45, 2.75) is 36.1 Å². The molecule has 3 atom stereocenters. The van der Waals surface area contributed by atoms with Gasteiger partial charge in [-0.3, -0.25) is 19.3 Å². The number of hydrogen-bond donors (Lipinski definition) is 1. The van der Waals surface area contributed by atoms with Crippen LogP contribution in [0.3, 0.4) is 0 Å². The minimum atomic E-state index is -1.26. The summed E-state index contributed by atoms with van der Waals surface area (Å²) in [5, 5.41) is 2.83. The normalized spacial score (nSPS) is 28.4. The number of imide groups is 1. The van der Waals surface area contributed by atoms with E-state index < -0.39 is 45.3 Å². The molecule has 0 unspecified atom stereocenters. The first kappa shape index (κ1) is 23.3. The van der Waals surface area contributed by atoms with Crippen LogP contribution in [0.2, 0.25) is 0 Å². The molecule has 0 saturated carbocycles. The van der Waals surface area contributed by atoms with Gasteiger partial charge in [0.15, 0.2) is 0 Å². The Morgan fingerprint density at radius 2 is 1.25 bits per heavy atom. The lowest BCUT2D eigenvalue weighted by Gasteiger charge is -2.54. The number of halogens is 2. The number of anilines is 1. The SMILES string of the molecule is CCc1ccc(NC(=O)[C@H](C)N2C(=O)[C@@H]3[C@@H](C2=O)C2(Cl)c4ccccc4C3(Cl)c3ccccc32)cc1. The molecule has 182 valence electrons. The molecular weight excluding hydrogens is 495 g/mol. The van der Waals surface area contributed by atoms with Crippen molar-refractivity contribution in [1.29, 1.82) is 0 Å². The van der Waals surface area contributed by atoms with Crippen molar-refractivity contribution in [3.05, 3.63) is 101 Å². The van der Waals surface area contributed by atoms with E-state index in [0.717, 1.165) is 39.1 Å². The van der Waals surface area contributed by atoms with Gasteiger partial charge < -0.3 is 5.32 Å². The van der Waals surface area contributed by atoms with E-state index in [0.29, 0.717) is 5.69 Å². The van der Waals surface area contributed by atoms with Crippen LogP contribution in [0.25, 0.3) is 0 Å². The van der Waals surface area contributed by atoms with Crippen LogP contribution in [0, 0.1) is 11.8 Å². The lowest BCUT2D eigenvalue weighted by molar-refractivity contribution is -0.146. The molecule has 1 saturated heterocycles. The number of rotatable bonds is 4. The van der Waals surface area contributed by atoms with Crippen LogP contribution in [0.15, 0.2) is 72.8 Å². The zero-order valence-corrected chi connectivity index (χ0v) is 21.3. The zero-order chi connectivity index (χ0) is 25.4. The van der Waals surface area contributed by atoms with Crippen LogP contribution in [0.1, 0.15) is 41.7 Å². The fourth-order valence-corrected chi connectivity index (χ4v) is 7.36. The van der Waals surface area contributed by atoms with Crippen LogP contribution in [0.4, 0.5) is 5.69 Å². The number of benzene rings is 3. The molecular formula is C29H24Cl2N2O3. The maximum absolute atomic E-state index is 14.0. The van der Waals surface area contributed by atoms with Crippen molar-refractivity contribution >= 4 is 46.6 Å². The molecule has 1 aliphatic heterocycles. The molecule has 0 aromatic heterocycles. The highest BCUT2D eigenvalue weighted by molar-refractivity contribution is 6.36. The summed E-state index contributed by atoms with van der Waals surface area (Å²) >= 11 is 14.9. The van der Waals surface area contributed by atoms with Gasteiger partial charge >= 0.3 is 0 Å². The first-order valence-corrected chi connectivity index (χ1v) is 12.8. The summed E-state index contributed by atoms with van der Waals surface area (Å²) < 4.78 is 0. The summed E-state index contributed by atoms with van der Waals surface area (Å²) in [7, 11) is 0. The number of carbonyl (C=O) groups excluding carboxylic acids is 3. The summed E-state index contributed by atoms with van der Waals surface area (Å²) in [6.07, 6.45) is 0.884. The van der Waals surface area contributed by atoms with Gasteiger partial charge in [-0.1, -0.05) is 67.6 Å². The van der Waals surface area contributed by atoms with Crippen molar-refractivity contribution in [1.82, 2.24) is 4.90 Å². The average Bonchev–Trinajstić information content (AvgIpc) is 3.18. The minimum absolute atomic E-state index is 0.450. The number of carbonyl (C=O) groups is 3. The molecule has 2 bridgehead atoms. The van der Waals surface area contributed by atoms with E-state index in [2.05, 4.69) is 12.2 Å². The summed E-state index contributed by atoms with van der Waals surface area (Å²) in [6, 6.07) is 21.4. The Labute approximate surface area is 219 Å². The number of likely N-dealkylation sites (tertiary alicyclic amines) is 1. The van der Waals surface area contributed by atoms with Crippen LogP contribution >= 0.6 is 23.2 Å². The third kappa shape index (κ3) is 2.81. The first-order valence-electron chi connectivity index (χ1n) is 12.1. The van der Waals surface area contributed by atoms with Crippen LogP contribution in [-0.4, -0.2) is 28.7 Å². The van der Waals surface area contributed by atoms with Crippen molar-refractivity contribution < 1.29 is 14.4 Å². The van der Waals surface area contributed by atoms with Gasteiger partial charge in [-0.25, -0.2) is 0 Å². The topological polar surface area (TPSA) is 66.5 Å². The molecule has 3 aromatic rings. The highest BCUT2D eigenvalue weighted by atomic mass is 35.5. The summed E-state index contributed by atoms with van der Waals surface area (Å²) in [5.74, 6) is -3.24. The van der Waals surface area contributed by atoms with E-state index >= 15 is 0 Å². The maximum Gasteiger partial charge on any atom is 0.247 e. The second-order valence-corrected chi connectivity index (χ2v) is 10.9. The molecule has 36 heavy (non-hydrogen) atoms. The fraction of sp³-hybridized carbons (Fsp3) is 0.276. The largest absolute Gasteiger partial charge is 0.324 e. The number of nitrogens with one attached hydrogen (secondary N) is 1. The summed E-state index contributed by atoms with van der Waals surface area (Å²) in [4.78, 5) is 39.7. The Bertz CT molecular complexity index is 1310. The summed E-state index contributed by atoms with van der Waals surface area (Å²) in [6.45, 7) is 3.61. The van der Waals surface area contributed by atoms with Crippen molar-refractivity contribution in [2.24, 2.45) is 11.8 Å². The summed E-state index contributed by atoms with van der Waals surface area (Å²) in [5.41, 5.74) is 4.68. The molecule has 3 amide bonds. The van der Waals surface area contributed by atoms with Gasteiger partial charge in [0.2, 0.25) is 17.7 Å². The highest BCUT2D eigenvalue weighted by Gasteiger charge is 2.73. The molecule has 5 nitrogen and oxygen atoms in total. The molecule has 7 rings (SSSR count). The fourth-order valence-electron chi connectivity index (χ4n) is 6.26. The van der Waals surface area contributed by atoms with E-state index in [9.17, 15) is 14.4 Å². The van der Waals surface area contributed by atoms with E-state index in [1.165, 1.54) is 0 Å². The van der Waals surface area contributed by atoms with Crippen LogP contribution in [-0.2, 0) is 30.6 Å². The number of nitrogens with zero attached hydrogens (tertiary/aromatic N) is 1. The Balaban J connectivity index is 1.42. The number of alkyl halides is 2. The Kier molecular flexibility index (Phi) is 5.12. The standard InChI is InChI=1S/C29H24Cl2N2O3/c1-3-17-12-14-18(15-13-17)32-25(34)16(2)33-26(35)23-24(27(33)36)29(31)20-9-5-4-8-19(20)28(23,30)21-10-6-7-11-22(21)29/h4-16,23-24H,3H2,1-2H3,(H,32,34)/t16-,23-,24-,28?,29?/m0/s1. The Hall–Kier alpha value is -3.15. The first-order chi connectivity index (χ1) is 17.2. The zero-order valence-electron chi connectivity index (χ0n) is 19.8. The van der Waals surface area contributed by atoms with Gasteiger partial charge in [-0.2, -0.15) is 0 Å². The number of aryl methyl sites for hydroxylation is 1. The molecule has 1 fully saturated rings. The minimum Gasteiger partial charge on any atom is -0.324 e. The second kappa shape index (κ2) is 7.92. The number of amides is 3. The van der Waals surface area contributed by atoms with Gasteiger partial charge in [-0.05, 0) is 53.3 Å². The maximum atomic E-state index is 14.0. The second-order valence-electron chi connectivity index (χ2n) is 9.73. The molecule has 7 heteroatoms. The van der Waals surface area contributed by atoms with Crippen molar-refractivity contribution in [2.75, 3.05) is 5.32 Å². The lowest BCUT2D eigenvalue weighted by atomic mass is 9.54. The Morgan fingerprint density at radius 3 is 1.64 bits per heavy atom. The van der Waals surface area contributed by atoms with E-state index in [1.807, 2.05) is 72.8 Å². The molecule has 0 spiro atoms. The highest BCUT2D eigenvalue weighted by Crippen LogP contribution is 2.69. The molecule has 1 N–H and O–H groups in total. The van der Waals surface area contributed by atoms with Gasteiger partial charge in [0.1, 0.15) is 15.8 Å². The average molecular weight is 519 g/mol. The van der Waals surface area contributed by atoms with Crippen molar-refractivity contribution in [3.8, 4) is 0 Å². The molecule has 0 radical (unpaired) electrons. The van der Waals surface area contributed by atoms with Crippen LogP contribution in [0.5, 0.6) is 0 Å². The molecule has 3 aliphatic carbocycles. The third-order valence-corrected chi connectivity index (χ3v) is 9.30. The smallest absolute Gasteiger partial charge is 0.247 e. The van der Waals surface area contributed by atoms with Gasteiger partial charge in [-0.15, -0.1) is 23.2 Å². The third-order valence-electron chi connectivity index (χ3n) is 8.02. The molecule has 4 aliphatic rings. The van der Waals surface area contributed by atoms with Gasteiger partial charge in [0, 0.05) is 5.69 Å². The lowest BCUT2D eigenvalue weighted by Crippen LogP contribution is -2.57. The predicted molar refractivity (Wildman–Crippen MR) is 139 cm³/mol. The number of hydrogen-bond acceptors (Lipinski definition) is 3. The quantitative estimate of drug-likeness (QED) is 0.382. The Morgan fingerprint density at radius 1 is 0.833 bits per heavy atom. The van der Waals surface area contributed by atoms with Gasteiger partial charge in [0.05, 0.1) is 11.8 Å². The van der Waals surface area contributed by atoms with Crippen molar-refractivity contribution in [3.63, 3.8) is 0 Å². The van der Waals surface area contributed by atoms with E-state index in [-0.39, 0.29) is 0 Å².